The van der Waals surface area contributed by atoms with Crippen LogP contribution in [0.25, 0.3) is 0 Å². The molecule has 1 aliphatic rings. The summed E-state index contributed by atoms with van der Waals surface area (Å²) in [4.78, 5) is 17.9. The van der Waals surface area contributed by atoms with Crippen molar-refractivity contribution in [3.63, 3.8) is 0 Å². The molecule has 118 valence electrons. The van der Waals surface area contributed by atoms with Gasteiger partial charge in [0, 0.05) is 29.5 Å². The summed E-state index contributed by atoms with van der Waals surface area (Å²) in [6.45, 7) is 10.8. The van der Waals surface area contributed by atoms with E-state index >= 15 is 0 Å². The topological polar surface area (TPSA) is 77.2 Å². The van der Waals surface area contributed by atoms with Crippen molar-refractivity contribution in [1.82, 2.24) is 4.98 Å². The Morgan fingerprint density at radius 1 is 1.62 bits per heavy atom. The Balaban J connectivity index is 2.06. The molecule has 1 saturated carbocycles. The van der Waals surface area contributed by atoms with Crippen LogP contribution in [0, 0.1) is 5.41 Å². The Morgan fingerprint density at radius 3 is 2.76 bits per heavy atom. The van der Waals surface area contributed by atoms with Crippen LogP contribution in [0.1, 0.15) is 51.8 Å². The van der Waals surface area contributed by atoms with Gasteiger partial charge in [-0.1, -0.05) is 27.7 Å². The molecular weight excluding hydrogens is 286 g/mol. The summed E-state index contributed by atoms with van der Waals surface area (Å²) in [7, 11) is 0. The number of thiazole rings is 1. The summed E-state index contributed by atoms with van der Waals surface area (Å²) in [6, 6.07) is 0. The van der Waals surface area contributed by atoms with E-state index in [-0.39, 0.29) is 17.4 Å². The molecule has 2 atom stereocenters. The molecule has 1 aromatic heterocycles. The number of hydrogen-bond donors (Lipinski definition) is 2. The summed E-state index contributed by atoms with van der Waals surface area (Å²) in [5, 5.41) is 3.48. The molecule has 1 aliphatic carbocycles. The van der Waals surface area contributed by atoms with Gasteiger partial charge in [0.15, 0.2) is 5.13 Å². The van der Waals surface area contributed by atoms with E-state index in [2.05, 4.69) is 24.1 Å². The van der Waals surface area contributed by atoms with Crippen molar-refractivity contribution in [2.45, 2.75) is 58.6 Å². The van der Waals surface area contributed by atoms with Crippen molar-refractivity contribution in [2.75, 3.05) is 11.9 Å². The maximum absolute atomic E-state index is 12.5. The average molecular weight is 311 g/mol. The molecule has 1 aromatic rings. The quantitative estimate of drug-likeness (QED) is 0.876. The molecule has 21 heavy (non-hydrogen) atoms. The molecule has 0 aliphatic heterocycles. The average Bonchev–Trinajstić information content (AvgIpc) is 2.86. The molecule has 0 radical (unpaired) electrons. The predicted molar refractivity (Wildman–Crippen MR) is 85.6 cm³/mol. The van der Waals surface area contributed by atoms with Crippen LogP contribution in [0.15, 0.2) is 6.20 Å². The van der Waals surface area contributed by atoms with E-state index in [1.54, 1.807) is 0 Å². The first-order valence-electron chi connectivity index (χ1n) is 7.40. The lowest BCUT2D eigenvalue weighted by molar-refractivity contribution is -0.166. The number of nitrogens with zero attached hydrogens (tertiary/aromatic N) is 1. The first-order valence-corrected chi connectivity index (χ1v) is 8.21. The van der Waals surface area contributed by atoms with Gasteiger partial charge in [0.05, 0.1) is 6.10 Å². The number of rotatable bonds is 5. The SMILES string of the molecule is CCOC1CC(N)(C(=O)Nc2ncc(C(C)C)s2)C1(C)C. The number of hydrogen-bond acceptors (Lipinski definition) is 5. The van der Waals surface area contributed by atoms with Gasteiger partial charge in [-0.25, -0.2) is 4.98 Å². The number of carbonyl (C=O) groups is 1. The Hall–Kier alpha value is -0.980. The van der Waals surface area contributed by atoms with Gasteiger partial charge in [-0.2, -0.15) is 0 Å². The molecule has 2 rings (SSSR count). The third-order valence-electron chi connectivity index (χ3n) is 4.55. The zero-order chi connectivity index (χ0) is 15.8. The van der Waals surface area contributed by atoms with Gasteiger partial charge in [-0.15, -0.1) is 11.3 Å². The molecule has 1 heterocycles. The van der Waals surface area contributed by atoms with E-state index in [1.807, 2.05) is 27.0 Å². The van der Waals surface area contributed by atoms with Gasteiger partial charge in [0.1, 0.15) is 5.54 Å². The van der Waals surface area contributed by atoms with Gasteiger partial charge in [0.25, 0.3) is 0 Å². The van der Waals surface area contributed by atoms with Gasteiger partial charge in [-0.05, 0) is 12.8 Å². The third-order valence-corrected chi connectivity index (χ3v) is 5.76. The van der Waals surface area contributed by atoms with Crippen LogP contribution < -0.4 is 11.1 Å². The molecule has 1 fully saturated rings. The number of amides is 1. The normalized spacial score (nSPS) is 27.5. The Morgan fingerprint density at radius 2 is 2.29 bits per heavy atom. The Kier molecular flexibility index (Phi) is 4.42. The summed E-state index contributed by atoms with van der Waals surface area (Å²) < 4.78 is 5.65. The standard InChI is InChI=1S/C15H25N3O2S/c1-6-20-11-7-15(16,14(11,4)5)12(19)18-13-17-8-10(21-13)9(2)3/h8-9,11H,6-7,16H2,1-5H3,(H,17,18,19). The number of ether oxygens (including phenoxy) is 1. The van der Waals surface area contributed by atoms with E-state index in [0.717, 1.165) is 4.88 Å². The first kappa shape index (κ1) is 16.4. The van der Waals surface area contributed by atoms with Crippen LogP contribution in [-0.2, 0) is 9.53 Å². The van der Waals surface area contributed by atoms with Crippen LogP contribution in [0.3, 0.4) is 0 Å². The van der Waals surface area contributed by atoms with Crippen molar-refractivity contribution >= 4 is 22.4 Å². The molecule has 5 nitrogen and oxygen atoms in total. The molecular formula is C15H25N3O2S. The largest absolute Gasteiger partial charge is 0.378 e. The van der Waals surface area contributed by atoms with Crippen molar-refractivity contribution in [2.24, 2.45) is 11.1 Å². The molecule has 0 saturated heterocycles. The summed E-state index contributed by atoms with van der Waals surface area (Å²) in [5.74, 6) is 0.232. The number of nitrogens with one attached hydrogen (secondary N) is 1. The van der Waals surface area contributed by atoms with Gasteiger partial charge in [0.2, 0.25) is 5.91 Å². The lowest BCUT2D eigenvalue weighted by atomic mass is 9.54. The fourth-order valence-corrected chi connectivity index (χ4v) is 3.45. The second-order valence-electron chi connectivity index (χ2n) is 6.52. The highest BCUT2D eigenvalue weighted by Gasteiger charge is 2.62. The maximum Gasteiger partial charge on any atom is 0.246 e. The molecule has 3 N–H and O–H groups in total. The van der Waals surface area contributed by atoms with Crippen molar-refractivity contribution in [3.05, 3.63) is 11.1 Å². The van der Waals surface area contributed by atoms with Crippen molar-refractivity contribution in [3.8, 4) is 0 Å². The first-order chi connectivity index (χ1) is 9.72. The number of nitrogens with two attached hydrogens (primary N) is 1. The smallest absolute Gasteiger partial charge is 0.246 e. The monoisotopic (exact) mass is 311 g/mol. The second kappa shape index (κ2) is 5.66. The Labute approximate surface area is 130 Å². The van der Waals surface area contributed by atoms with E-state index in [9.17, 15) is 4.79 Å². The van der Waals surface area contributed by atoms with Crippen LogP contribution in [0.4, 0.5) is 5.13 Å². The van der Waals surface area contributed by atoms with Crippen LogP contribution in [0.5, 0.6) is 0 Å². The lowest BCUT2D eigenvalue weighted by Crippen LogP contribution is -2.74. The predicted octanol–water partition coefficient (Wildman–Crippen LogP) is 2.74. The highest BCUT2D eigenvalue weighted by atomic mass is 32.1. The lowest BCUT2D eigenvalue weighted by Gasteiger charge is -2.57. The van der Waals surface area contributed by atoms with Crippen LogP contribution in [-0.4, -0.2) is 29.1 Å². The van der Waals surface area contributed by atoms with Gasteiger partial charge >= 0.3 is 0 Å². The van der Waals surface area contributed by atoms with E-state index in [0.29, 0.717) is 24.1 Å². The van der Waals surface area contributed by atoms with Gasteiger partial charge in [-0.3, -0.25) is 4.79 Å². The highest BCUT2D eigenvalue weighted by Crippen LogP contribution is 2.50. The number of carbonyl (C=O) groups excluding carboxylic acids is 1. The number of aromatic nitrogens is 1. The molecule has 0 bridgehead atoms. The second-order valence-corrected chi connectivity index (χ2v) is 7.58. The van der Waals surface area contributed by atoms with E-state index in [1.165, 1.54) is 11.3 Å². The highest BCUT2D eigenvalue weighted by molar-refractivity contribution is 7.15. The summed E-state index contributed by atoms with van der Waals surface area (Å²) in [6.07, 6.45) is 2.38. The van der Waals surface area contributed by atoms with Crippen LogP contribution >= 0.6 is 11.3 Å². The zero-order valence-corrected chi connectivity index (χ0v) is 14.2. The van der Waals surface area contributed by atoms with Gasteiger partial charge < -0.3 is 15.8 Å². The van der Waals surface area contributed by atoms with Crippen molar-refractivity contribution < 1.29 is 9.53 Å². The molecule has 0 aromatic carbocycles. The minimum absolute atomic E-state index is 0.0285. The summed E-state index contributed by atoms with van der Waals surface area (Å²) in [5.41, 5.74) is 5.05. The summed E-state index contributed by atoms with van der Waals surface area (Å²) >= 11 is 1.50. The maximum atomic E-state index is 12.5. The molecule has 1 amide bonds. The molecule has 0 spiro atoms. The zero-order valence-electron chi connectivity index (χ0n) is 13.4. The van der Waals surface area contributed by atoms with Crippen LogP contribution in [0.2, 0.25) is 0 Å². The minimum Gasteiger partial charge on any atom is -0.378 e. The van der Waals surface area contributed by atoms with E-state index < -0.39 is 5.54 Å². The minimum atomic E-state index is -0.906. The fourth-order valence-electron chi connectivity index (χ4n) is 2.64. The molecule has 2 unspecified atom stereocenters. The Bertz CT molecular complexity index is 527. The van der Waals surface area contributed by atoms with E-state index in [4.69, 9.17) is 10.5 Å². The third kappa shape index (κ3) is 2.72. The number of anilines is 1. The molecule has 6 heteroatoms. The van der Waals surface area contributed by atoms with Crippen molar-refractivity contribution in [1.29, 1.82) is 0 Å². The fraction of sp³-hybridized carbons (Fsp3) is 0.733.